The average Bonchev–Trinajstić information content (AvgIpc) is 2.67. The molecule has 0 aliphatic heterocycles. The quantitative estimate of drug-likeness (QED) is 0.277. The second kappa shape index (κ2) is 10.6. The molecule has 0 bridgehead atoms. The van der Waals surface area contributed by atoms with Gasteiger partial charge in [-0.3, -0.25) is 4.99 Å². The molecule has 2 aromatic rings. The van der Waals surface area contributed by atoms with Gasteiger partial charge < -0.3 is 4.74 Å². The predicted octanol–water partition coefficient (Wildman–Crippen LogP) is 4.82. The van der Waals surface area contributed by atoms with Crippen LogP contribution in [0.25, 0.3) is 10.6 Å². The smallest absolute Gasteiger partial charge is 0.175 e. The molecular weight excluding hydrogens is 421 g/mol. The summed E-state index contributed by atoms with van der Waals surface area (Å²) in [5.41, 5.74) is 3.22. The van der Waals surface area contributed by atoms with E-state index in [0.29, 0.717) is 28.3 Å². The van der Waals surface area contributed by atoms with Crippen LogP contribution in [0.15, 0.2) is 70.0 Å². The Morgan fingerprint density at radius 2 is 1.71 bits per heavy atom. The topological polar surface area (TPSA) is 55.7 Å². The highest BCUT2D eigenvalue weighted by molar-refractivity contribution is 7.91. The van der Waals surface area contributed by atoms with Gasteiger partial charge in [0.1, 0.15) is 5.82 Å². The average molecular weight is 440 g/mol. The standard InChI is InChI=1S/C20H19ClFNO3S2/c1-28(24,25)18-9-5-16(6-10-18)20(27)19(15-3-7-17(22)8-4-15)23-12-14-26-13-2-11-21/h2-12,27H,13-14H2,1H3/b11-2+,20-19-,23-12?. The molecule has 0 atom stereocenters. The van der Waals surface area contributed by atoms with Crippen molar-refractivity contribution in [3.8, 4) is 0 Å². The number of rotatable bonds is 8. The molecule has 0 saturated carbocycles. The van der Waals surface area contributed by atoms with Crippen LogP contribution in [0.3, 0.4) is 0 Å². The van der Waals surface area contributed by atoms with Crippen LogP contribution < -0.4 is 0 Å². The number of nitrogens with zero attached hydrogens (tertiary/aromatic N) is 1. The lowest BCUT2D eigenvalue weighted by Gasteiger charge is -2.09. The Labute approximate surface area is 174 Å². The van der Waals surface area contributed by atoms with Gasteiger partial charge in [0.2, 0.25) is 0 Å². The Morgan fingerprint density at radius 1 is 1.11 bits per heavy atom. The van der Waals surface area contributed by atoms with E-state index >= 15 is 0 Å². The third-order valence-electron chi connectivity index (χ3n) is 3.61. The van der Waals surface area contributed by atoms with Crippen LogP contribution >= 0.6 is 24.2 Å². The molecule has 28 heavy (non-hydrogen) atoms. The fraction of sp³-hybridized carbons (Fsp3) is 0.150. The number of aliphatic imine (C=N–C) groups is 1. The first-order valence-corrected chi connectivity index (χ1v) is 11.0. The van der Waals surface area contributed by atoms with E-state index in [1.54, 1.807) is 36.6 Å². The lowest BCUT2D eigenvalue weighted by Crippen LogP contribution is -1.97. The summed E-state index contributed by atoms with van der Waals surface area (Å²) >= 11 is 10.00. The van der Waals surface area contributed by atoms with Gasteiger partial charge in [0.15, 0.2) is 9.84 Å². The Kier molecular flexibility index (Phi) is 8.44. The summed E-state index contributed by atoms with van der Waals surface area (Å²) in [6.07, 6.45) is 4.37. The van der Waals surface area contributed by atoms with E-state index in [1.165, 1.54) is 29.8 Å². The zero-order valence-electron chi connectivity index (χ0n) is 15.0. The van der Waals surface area contributed by atoms with Gasteiger partial charge in [-0.05, 0) is 48.0 Å². The Balaban J connectivity index is 2.37. The first kappa shape index (κ1) is 22.4. The molecule has 0 fully saturated rings. The summed E-state index contributed by atoms with van der Waals surface area (Å²) in [6.45, 7) is 0.603. The zero-order chi connectivity index (χ0) is 20.6. The summed E-state index contributed by atoms with van der Waals surface area (Å²) in [6, 6.07) is 12.2. The molecule has 8 heteroatoms. The summed E-state index contributed by atoms with van der Waals surface area (Å²) in [5.74, 6) is -0.360. The minimum atomic E-state index is -3.29. The normalized spacial score (nSPS) is 13.3. The Bertz CT molecular complexity index is 983. The SMILES string of the molecule is CS(=O)(=O)c1ccc(/C(S)=C(/N=CCOC/C=C/Cl)c2ccc(F)cc2)cc1. The summed E-state index contributed by atoms with van der Waals surface area (Å²) in [4.78, 5) is 5.15. The fourth-order valence-electron chi connectivity index (χ4n) is 2.23. The van der Waals surface area contributed by atoms with Crippen molar-refractivity contribution < 1.29 is 17.5 Å². The molecule has 0 aliphatic carbocycles. The Hall–Kier alpha value is -1.93. The van der Waals surface area contributed by atoms with Crippen molar-refractivity contribution in [2.75, 3.05) is 19.5 Å². The van der Waals surface area contributed by atoms with Gasteiger partial charge >= 0.3 is 0 Å². The summed E-state index contributed by atoms with van der Waals surface area (Å²) < 4.78 is 41.9. The van der Waals surface area contributed by atoms with Crippen molar-refractivity contribution in [1.82, 2.24) is 0 Å². The van der Waals surface area contributed by atoms with Gasteiger partial charge in [0, 0.05) is 28.5 Å². The van der Waals surface area contributed by atoms with Crippen LogP contribution in [0.1, 0.15) is 11.1 Å². The van der Waals surface area contributed by atoms with Crippen LogP contribution in [-0.2, 0) is 14.6 Å². The minimum Gasteiger partial charge on any atom is -0.372 e. The zero-order valence-corrected chi connectivity index (χ0v) is 17.5. The Morgan fingerprint density at radius 3 is 2.29 bits per heavy atom. The van der Waals surface area contributed by atoms with Crippen molar-refractivity contribution in [1.29, 1.82) is 0 Å². The highest BCUT2D eigenvalue weighted by Crippen LogP contribution is 2.31. The largest absolute Gasteiger partial charge is 0.372 e. The summed E-state index contributed by atoms with van der Waals surface area (Å²) in [5, 5.41) is 0. The fourth-order valence-corrected chi connectivity index (χ4v) is 3.27. The molecule has 2 rings (SSSR count). The van der Waals surface area contributed by atoms with Crippen molar-refractivity contribution >= 4 is 50.9 Å². The van der Waals surface area contributed by atoms with E-state index in [4.69, 9.17) is 16.3 Å². The number of benzene rings is 2. The molecule has 0 amide bonds. The monoisotopic (exact) mass is 439 g/mol. The van der Waals surface area contributed by atoms with Gasteiger partial charge in [-0.2, -0.15) is 0 Å². The molecular formula is C20H19ClFNO3S2. The first-order valence-electron chi connectivity index (χ1n) is 8.18. The molecule has 0 radical (unpaired) electrons. The maximum atomic E-state index is 13.3. The molecule has 148 valence electrons. The van der Waals surface area contributed by atoms with Gasteiger partial charge in [0.05, 0.1) is 23.8 Å². The molecule has 0 saturated heterocycles. The first-order chi connectivity index (χ1) is 13.3. The number of sulfone groups is 1. The van der Waals surface area contributed by atoms with Gasteiger partial charge in [-0.1, -0.05) is 23.7 Å². The lowest BCUT2D eigenvalue weighted by molar-refractivity contribution is 0.207. The summed E-state index contributed by atoms with van der Waals surface area (Å²) in [7, 11) is -3.29. The van der Waals surface area contributed by atoms with Crippen LogP contribution in [0.2, 0.25) is 0 Å². The third-order valence-corrected chi connectivity index (χ3v) is 5.39. The second-order valence-electron chi connectivity index (χ2n) is 5.71. The molecule has 0 unspecified atom stereocenters. The van der Waals surface area contributed by atoms with Crippen LogP contribution in [-0.4, -0.2) is 34.1 Å². The van der Waals surface area contributed by atoms with Crippen molar-refractivity contribution in [2.24, 2.45) is 4.99 Å². The number of halogens is 2. The molecule has 2 aromatic carbocycles. The molecule has 0 heterocycles. The third kappa shape index (κ3) is 6.60. The maximum absolute atomic E-state index is 13.3. The minimum absolute atomic E-state index is 0.213. The highest BCUT2D eigenvalue weighted by Gasteiger charge is 2.11. The number of hydrogen-bond acceptors (Lipinski definition) is 5. The van der Waals surface area contributed by atoms with E-state index in [9.17, 15) is 12.8 Å². The molecule has 0 N–H and O–H groups in total. The predicted molar refractivity (Wildman–Crippen MR) is 116 cm³/mol. The van der Waals surface area contributed by atoms with Gasteiger partial charge in [-0.15, -0.1) is 12.6 Å². The van der Waals surface area contributed by atoms with Crippen LogP contribution in [0, 0.1) is 5.82 Å². The van der Waals surface area contributed by atoms with E-state index in [2.05, 4.69) is 17.6 Å². The molecule has 4 nitrogen and oxygen atoms in total. The number of thiol groups is 1. The van der Waals surface area contributed by atoms with E-state index in [-0.39, 0.29) is 17.3 Å². The molecule has 0 aromatic heterocycles. The van der Waals surface area contributed by atoms with Crippen molar-refractivity contribution in [3.63, 3.8) is 0 Å². The van der Waals surface area contributed by atoms with Gasteiger partial charge in [0.25, 0.3) is 0 Å². The number of ether oxygens (including phenoxy) is 1. The van der Waals surface area contributed by atoms with E-state index in [1.807, 2.05) is 0 Å². The number of hydrogen-bond donors (Lipinski definition) is 1. The van der Waals surface area contributed by atoms with Crippen molar-refractivity contribution in [2.45, 2.75) is 4.90 Å². The molecule has 0 aliphatic rings. The van der Waals surface area contributed by atoms with Crippen LogP contribution in [0.4, 0.5) is 4.39 Å². The molecule has 0 spiro atoms. The van der Waals surface area contributed by atoms with E-state index < -0.39 is 9.84 Å². The van der Waals surface area contributed by atoms with E-state index in [0.717, 1.165) is 6.26 Å². The van der Waals surface area contributed by atoms with Gasteiger partial charge in [-0.25, -0.2) is 12.8 Å². The second-order valence-corrected chi connectivity index (χ2v) is 8.43. The lowest BCUT2D eigenvalue weighted by atomic mass is 10.1. The maximum Gasteiger partial charge on any atom is 0.175 e. The highest BCUT2D eigenvalue weighted by atomic mass is 35.5. The van der Waals surface area contributed by atoms with Crippen molar-refractivity contribution in [3.05, 3.63) is 77.1 Å². The van der Waals surface area contributed by atoms with Crippen LogP contribution in [0.5, 0.6) is 0 Å².